The van der Waals surface area contributed by atoms with E-state index in [1.54, 1.807) is 56.0 Å². The maximum absolute atomic E-state index is 2.51. The van der Waals surface area contributed by atoms with E-state index < -0.39 is 16.1 Å². The van der Waals surface area contributed by atoms with Crippen LogP contribution in [0, 0.1) is 0 Å². The van der Waals surface area contributed by atoms with E-state index in [-0.39, 0.29) is 0 Å². The van der Waals surface area contributed by atoms with Gasteiger partial charge in [0.05, 0.1) is 63.1 Å². The summed E-state index contributed by atoms with van der Waals surface area (Å²) < 4.78 is 21.8. The summed E-state index contributed by atoms with van der Waals surface area (Å²) in [4.78, 5) is 0. The molecule has 0 radical (unpaired) electrons. The van der Waals surface area contributed by atoms with Gasteiger partial charge in [0.1, 0.15) is 0 Å². The Morgan fingerprint density at radius 2 is 0.677 bits per heavy atom. The highest BCUT2D eigenvalue weighted by Crippen LogP contribution is 2.56. The maximum Gasteiger partial charge on any atom is 0.0904 e. The van der Waals surface area contributed by atoms with E-state index in [9.17, 15) is 0 Å². The smallest absolute Gasteiger partial charge is 0.0904 e. The van der Waals surface area contributed by atoms with E-state index in [2.05, 4.69) is 108 Å². The summed E-state index contributed by atoms with van der Waals surface area (Å²) in [6, 6.07) is 5.01. The Labute approximate surface area is 210 Å². The molecule has 0 saturated carbocycles. The summed E-state index contributed by atoms with van der Waals surface area (Å²) in [6.07, 6.45) is 0. The summed E-state index contributed by atoms with van der Waals surface area (Å²) in [7, 11) is -2.49. The number of fused-ring (bicyclic) bond motifs is 11. The summed E-state index contributed by atoms with van der Waals surface area (Å²) in [5.74, 6) is 0. The normalized spacial score (nSPS) is 14.1. The Bertz CT molecular complexity index is 1680. The first-order valence-corrected chi connectivity index (χ1v) is 23.0. The van der Waals surface area contributed by atoms with Crippen molar-refractivity contribution >= 4 is 161 Å². The lowest BCUT2D eigenvalue weighted by Gasteiger charge is -2.11. The van der Waals surface area contributed by atoms with Crippen molar-refractivity contribution in [2.75, 3.05) is 0 Å². The van der Waals surface area contributed by atoms with Crippen molar-refractivity contribution < 1.29 is 0 Å². The van der Waals surface area contributed by atoms with Gasteiger partial charge in [0.25, 0.3) is 0 Å². The van der Waals surface area contributed by atoms with Crippen LogP contribution in [0.5, 0.6) is 0 Å². The van der Waals surface area contributed by atoms with Crippen molar-refractivity contribution in [2.45, 2.75) is 39.3 Å². The zero-order valence-corrected chi connectivity index (χ0v) is 25.7. The largest absolute Gasteiger partial charge is 0.143 e. The molecule has 0 fully saturated rings. The predicted molar refractivity (Wildman–Crippen MR) is 163 cm³/mol. The first-order valence-electron chi connectivity index (χ1n) is 10.3. The van der Waals surface area contributed by atoms with E-state index in [1.807, 2.05) is 22.7 Å². The molecule has 0 aromatic carbocycles. The number of hydrogen-bond donors (Lipinski definition) is 0. The van der Waals surface area contributed by atoms with Gasteiger partial charge < -0.3 is 0 Å². The van der Waals surface area contributed by atoms with Crippen molar-refractivity contribution in [2.24, 2.45) is 0 Å². The molecule has 0 amide bonds. The monoisotopic (exact) mass is 564 g/mol. The molecular formula is C22H20S7Si2. The third kappa shape index (κ3) is 2.75. The molecule has 31 heavy (non-hydrogen) atoms. The molecule has 0 aliphatic rings. The van der Waals surface area contributed by atoms with Crippen molar-refractivity contribution in [1.82, 2.24) is 0 Å². The molecule has 0 nitrogen and oxygen atoms in total. The zero-order chi connectivity index (χ0) is 21.4. The molecule has 0 N–H and O–H groups in total. The lowest BCUT2D eigenvalue weighted by atomic mass is 10.4. The Balaban J connectivity index is 1.50. The SMILES string of the molecule is C[Si](C)(C)c1cc2sc3c(sc4c3sc3c5sc6cc([Si](C)(C)C)sc6c5sc34)c2s1. The van der Waals surface area contributed by atoms with Crippen molar-refractivity contribution in [1.29, 1.82) is 0 Å². The van der Waals surface area contributed by atoms with Gasteiger partial charge in [-0.05, 0) is 21.1 Å². The van der Waals surface area contributed by atoms with Gasteiger partial charge in [0.2, 0.25) is 0 Å². The van der Waals surface area contributed by atoms with Crippen LogP contribution in [0.1, 0.15) is 0 Å². The summed E-state index contributed by atoms with van der Waals surface area (Å²) in [5.41, 5.74) is 0. The van der Waals surface area contributed by atoms with Crippen LogP contribution in [-0.2, 0) is 0 Å². The molecule has 0 unspecified atom stereocenters. The van der Waals surface area contributed by atoms with E-state index >= 15 is 0 Å². The number of thiophene rings is 7. The fourth-order valence-electron chi connectivity index (χ4n) is 4.05. The van der Waals surface area contributed by atoms with Crippen LogP contribution in [-0.4, -0.2) is 16.1 Å². The minimum absolute atomic E-state index is 1.25. The molecule has 0 aliphatic carbocycles. The maximum atomic E-state index is 2.51. The van der Waals surface area contributed by atoms with Crippen molar-refractivity contribution in [3.05, 3.63) is 12.1 Å². The third-order valence-electron chi connectivity index (χ3n) is 5.77. The van der Waals surface area contributed by atoms with Gasteiger partial charge in [-0.3, -0.25) is 0 Å². The van der Waals surface area contributed by atoms with Crippen LogP contribution < -0.4 is 9.00 Å². The van der Waals surface area contributed by atoms with Crippen LogP contribution in [0.25, 0.3) is 56.4 Å². The van der Waals surface area contributed by atoms with Crippen LogP contribution in [0.3, 0.4) is 0 Å². The fraction of sp³-hybridized carbons (Fsp3) is 0.273. The predicted octanol–water partition coefficient (Wildman–Crippen LogP) is 10.1. The molecule has 7 heterocycles. The second-order valence-electron chi connectivity index (χ2n) is 10.3. The summed E-state index contributed by atoms with van der Waals surface area (Å²) in [6.45, 7) is 14.8. The van der Waals surface area contributed by atoms with Gasteiger partial charge in [0.15, 0.2) is 0 Å². The molecule has 0 atom stereocenters. The third-order valence-corrected chi connectivity index (χ3v) is 22.6. The molecule has 7 aromatic heterocycles. The number of hydrogen-bond acceptors (Lipinski definition) is 7. The fourth-order valence-corrected chi connectivity index (χ4v) is 18.4. The Kier molecular flexibility index (Phi) is 4.13. The summed E-state index contributed by atoms with van der Waals surface area (Å²) >= 11 is 14.4. The molecule has 7 rings (SSSR count). The second-order valence-corrected chi connectivity index (χ2v) is 28.3. The van der Waals surface area contributed by atoms with Crippen molar-refractivity contribution in [3.8, 4) is 0 Å². The molecular weight excluding hydrogens is 545 g/mol. The molecule has 7 aromatic rings. The molecule has 0 spiro atoms. The minimum Gasteiger partial charge on any atom is -0.143 e. The van der Waals surface area contributed by atoms with Crippen LogP contribution in [0.2, 0.25) is 39.3 Å². The van der Waals surface area contributed by atoms with E-state index in [0.29, 0.717) is 0 Å². The van der Waals surface area contributed by atoms with Gasteiger partial charge >= 0.3 is 0 Å². The average molecular weight is 565 g/mol. The topological polar surface area (TPSA) is 0 Å². The van der Waals surface area contributed by atoms with Gasteiger partial charge in [-0.25, -0.2) is 0 Å². The van der Waals surface area contributed by atoms with Crippen molar-refractivity contribution in [3.63, 3.8) is 0 Å². The summed E-state index contributed by atoms with van der Waals surface area (Å²) in [5, 5.41) is 0. The highest BCUT2D eigenvalue weighted by Gasteiger charge is 2.26. The average Bonchev–Trinajstić information content (AvgIpc) is 3.40. The lowest BCUT2D eigenvalue weighted by Crippen LogP contribution is -2.34. The lowest BCUT2D eigenvalue weighted by molar-refractivity contribution is 1.79. The Morgan fingerprint density at radius 1 is 0.387 bits per heavy atom. The van der Waals surface area contributed by atoms with Gasteiger partial charge in [0, 0.05) is 9.40 Å². The quantitative estimate of drug-likeness (QED) is 0.183. The van der Waals surface area contributed by atoms with Crippen LogP contribution >= 0.6 is 79.4 Å². The molecule has 0 bridgehead atoms. The number of rotatable bonds is 2. The van der Waals surface area contributed by atoms with Gasteiger partial charge in [-0.15, -0.1) is 79.4 Å². The van der Waals surface area contributed by atoms with Crippen LogP contribution in [0.15, 0.2) is 12.1 Å². The van der Waals surface area contributed by atoms with E-state index in [4.69, 9.17) is 0 Å². The zero-order valence-electron chi connectivity index (χ0n) is 18.0. The molecule has 0 saturated heterocycles. The highest BCUT2D eigenvalue weighted by molar-refractivity contribution is 7.52. The Morgan fingerprint density at radius 3 is 1.00 bits per heavy atom. The van der Waals surface area contributed by atoms with Gasteiger partial charge in [-0.2, -0.15) is 0 Å². The van der Waals surface area contributed by atoms with E-state index in [0.717, 1.165) is 0 Å². The van der Waals surface area contributed by atoms with Gasteiger partial charge in [-0.1, -0.05) is 39.3 Å². The Hall–Kier alpha value is -0.106. The van der Waals surface area contributed by atoms with Crippen LogP contribution in [0.4, 0.5) is 0 Å². The highest BCUT2D eigenvalue weighted by atomic mass is 32.1. The standard InChI is InChI=1S/C22H20S7Si2/c1-30(2,3)11-7-9-13(25-11)15-17(23-9)19-21(27-15)22-20(29-19)18-16(28-22)14-10(24-18)8-12(26-14)31(4,5)6/h7-8H,1-6H3. The van der Waals surface area contributed by atoms with E-state index in [1.165, 1.54) is 9.40 Å². The first kappa shape index (κ1) is 20.3. The minimum atomic E-state index is -1.25. The first-order chi connectivity index (χ1) is 14.6. The molecule has 158 valence electrons. The molecule has 0 aliphatic heterocycles. The molecule has 9 heteroatoms. The second kappa shape index (κ2) is 6.31.